The van der Waals surface area contributed by atoms with E-state index in [0.717, 1.165) is 10.9 Å². The Morgan fingerprint density at radius 2 is 2.22 bits per heavy atom. The fourth-order valence-corrected chi connectivity index (χ4v) is 1.79. The van der Waals surface area contributed by atoms with Crippen molar-refractivity contribution in [3.05, 3.63) is 28.2 Å². The number of nitrogens with two attached hydrogens (primary N) is 1. The van der Waals surface area contributed by atoms with Crippen LogP contribution in [-0.4, -0.2) is 25.2 Å². The molecule has 0 saturated heterocycles. The summed E-state index contributed by atoms with van der Waals surface area (Å²) in [7, 11) is 0. The van der Waals surface area contributed by atoms with Crippen LogP contribution in [0, 0.1) is 0 Å². The standard InChI is InChI=1S/C13H19BrN2O2/c1-9(2)18-8-4-7-16-13(17)10-5-3-6-11(14)12(10)15/h3,5-6,9H,4,7-8,15H2,1-2H3,(H,16,17). The van der Waals surface area contributed by atoms with Gasteiger partial charge in [0.05, 0.1) is 17.4 Å². The normalized spacial score (nSPS) is 10.7. The average molecular weight is 315 g/mol. The van der Waals surface area contributed by atoms with Gasteiger partial charge in [-0.25, -0.2) is 0 Å². The van der Waals surface area contributed by atoms with Gasteiger partial charge in [-0.1, -0.05) is 6.07 Å². The number of benzene rings is 1. The SMILES string of the molecule is CC(C)OCCCNC(=O)c1cccc(Br)c1N. The second-order valence-corrected chi connectivity index (χ2v) is 5.08. The molecule has 0 fully saturated rings. The second kappa shape index (κ2) is 7.38. The third kappa shape index (κ3) is 4.66. The van der Waals surface area contributed by atoms with Crippen molar-refractivity contribution < 1.29 is 9.53 Å². The monoisotopic (exact) mass is 314 g/mol. The Hall–Kier alpha value is -1.07. The molecule has 3 N–H and O–H groups in total. The third-order valence-electron chi connectivity index (χ3n) is 2.36. The third-order valence-corrected chi connectivity index (χ3v) is 3.05. The Bertz CT molecular complexity index is 408. The number of carbonyl (C=O) groups excluding carboxylic acids is 1. The molecule has 0 aliphatic carbocycles. The zero-order chi connectivity index (χ0) is 13.5. The van der Waals surface area contributed by atoms with Gasteiger partial charge in [0.15, 0.2) is 0 Å². The number of nitrogen functional groups attached to an aromatic ring is 1. The summed E-state index contributed by atoms with van der Waals surface area (Å²) in [4.78, 5) is 11.9. The smallest absolute Gasteiger partial charge is 0.253 e. The average Bonchev–Trinajstić information content (AvgIpc) is 2.31. The van der Waals surface area contributed by atoms with Crippen molar-refractivity contribution in [3.8, 4) is 0 Å². The summed E-state index contributed by atoms with van der Waals surface area (Å²) >= 11 is 3.30. The first-order valence-corrected chi connectivity index (χ1v) is 6.75. The van der Waals surface area contributed by atoms with Crippen LogP contribution in [0.25, 0.3) is 0 Å². The molecule has 0 aliphatic heterocycles. The van der Waals surface area contributed by atoms with Crippen molar-refractivity contribution in [3.63, 3.8) is 0 Å². The predicted octanol–water partition coefficient (Wildman–Crippen LogP) is 2.58. The molecule has 0 heterocycles. The minimum atomic E-state index is -0.154. The highest BCUT2D eigenvalue weighted by Crippen LogP contribution is 2.22. The van der Waals surface area contributed by atoms with Crippen molar-refractivity contribution in [2.75, 3.05) is 18.9 Å². The topological polar surface area (TPSA) is 64.3 Å². The molecular formula is C13H19BrN2O2. The van der Waals surface area contributed by atoms with Crippen LogP contribution in [0.3, 0.4) is 0 Å². The second-order valence-electron chi connectivity index (χ2n) is 4.23. The molecule has 0 atom stereocenters. The number of halogens is 1. The van der Waals surface area contributed by atoms with Gasteiger partial charge in [0.25, 0.3) is 5.91 Å². The lowest BCUT2D eigenvalue weighted by atomic mass is 10.1. The fourth-order valence-electron chi connectivity index (χ4n) is 1.42. The van der Waals surface area contributed by atoms with Gasteiger partial charge in [-0.15, -0.1) is 0 Å². The van der Waals surface area contributed by atoms with Gasteiger partial charge in [0.1, 0.15) is 0 Å². The quantitative estimate of drug-likeness (QED) is 0.626. The molecule has 0 radical (unpaired) electrons. The molecule has 5 heteroatoms. The predicted molar refractivity (Wildman–Crippen MR) is 76.6 cm³/mol. The Labute approximate surface area is 116 Å². The van der Waals surface area contributed by atoms with Crippen LogP contribution in [-0.2, 0) is 4.74 Å². The maximum atomic E-state index is 11.9. The number of nitrogens with one attached hydrogen (secondary N) is 1. The number of hydrogen-bond donors (Lipinski definition) is 2. The highest BCUT2D eigenvalue weighted by atomic mass is 79.9. The molecule has 18 heavy (non-hydrogen) atoms. The number of para-hydroxylation sites is 1. The summed E-state index contributed by atoms with van der Waals surface area (Å²) < 4.78 is 6.12. The van der Waals surface area contributed by atoms with Crippen LogP contribution in [0.5, 0.6) is 0 Å². The van der Waals surface area contributed by atoms with Crippen LogP contribution in [0.15, 0.2) is 22.7 Å². The van der Waals surface area contributed by atoms with Crippen molar-refractivity contribution in [1.82, 2.24) is 5.32 Å². The van der Waals surface area contributed by atoms with E-state index in [1.54, 1.807) is 12.1 Å². The van der Waals surface area contributed by atoms with Crippen molar-refractivity contribution in [2.45, 2.75) is 26.4 Å². The molecule has 1 rings (SSSR count). The van der Waals surface area contributed by atoms with E-state index in [0.29, 0.717) is 24.4 Å². The van der Waals surface area contributed by atoms with E-state index in [1.165, 1.54) is 0 Å². The number of hydrogen-bond acceptors (Lipinski definition) is 3. The molecule has 0 unspecified atom stereocenters. The van der Waals surface area contributed by atoms with E-state index < -0.39 is 0 Å². The highest BCUT2D eigenvalue weighted by Gasteiger charge is 2.10. The summed E-state index contributed by atoms with van der Waals surface area (Å²) in [6, 6.07) is 5.31. The van der Waals surface area contributed by atoms with E-state index in [4.69, 9.17) is 10.5 Å². The van der Waals surface area contributed by atoms with E-state index in [9.17, 15) is 4.79 Å². The van der Waals surface area contributed by atoms with Gasteiger partial charge < -0.3 is 15.8 Å². The molecule has 1 amide bonds. The van der Waals surface area contributed by atoms with Gasteiger partial charge in [0, 0.05) is 17.6 Å². The number of ether oxygens (including phenoxy) is 1. The lowest BCUT2D eigenvalue weighted by Gasteiger charge is -2.10. The Kier molecular flexibility index (Phi) is 6.15. The van der Waals surface area contributed by atoms with E-state index in [-0.39, 0.29) is 12.0 Å². The van der Waals surface area contributed by atoms with Crippen molar-refractivity contribution >= 4 is 27.5 Å². The molecule has 100 valence electrons. The summed E-state index contributed by atoms with van der Waals surface area (Å²) in [5, 5.41) is 2.82. The molecule has 0 spiro atoms. The number of anilines is 1. The van der Waals surface area contributed by atoms with Crippen LogP contribution < -0.4 is 11.1 Å². The van der Waals surface area contributed by atoms with Gasteiger partial charge in [-0.3, -0.25) is 4.79 Å². The van der Waals surface area contributed by atoms with Gasteiger partial charge >= 0.3 is 0 Å². The number of amides is 1. The molecule has 1 aromatic rings. The highest BCUT2D eigenvalue weighted by molar-refractivity contribution is 9.10. The summed E-state index contributed by atoms with van der Waals surface area (Å²) in [6.45, 7) is 5.20. The Morgan fingerprint density at radius 1 is 1.50 bits per heavy atom. The zero-order valence-corrected chi connectivity index (χ0v) is 12.3. The number of rotatable bonds is 6. The van der Waals surface area contributed by atoms with Gasteiger partial charge in [0.2, 0.25) is 0 Å². The van der Waals surface area contributed by atoms with Crippen molar-refractivity contribution in [2.24, 2.45) is 0 Å². The molecule has 0 aliphatic rings. The van der Waals surface area contributed by atoms with Crippen LogP contribution in [0.4, 0.5) is 5.69 Å². The maximum absolute atomic E-state index is 11.9. The van der Waals surface area contributed by atoms with E-state index in [1.807, 2.05) is 19.9 Å². The summed E-state index contributed by atoms with van der Waals surface area (Å²) in [6.07, 6.45) is 1.01. The lowest BCUT2D eigenvalue weighted by molar-refractivity contribution is 0.0757. The molecule has 0 saturated carbocycles. The van der Waals surface area contributed by atoms with Crippen LogP contribution in [0.2, 0.25) is 0 Å². The largest absolute Gasteiger partial charge is 0.397 e. The molecular weight excluding hydrogens is 296 g/mol. The van der Waals surface area contributed by atoms with Crippen LogP contribution in [0.1, 0.15) is 30.6 Å². The Balaban J connectivity index is 2.39. The first-order valence-electron chi connectivity index (χ1n) is 5.96. The van der Waals surface area contributed by atoms with E-state index in [2.05, 4.69) is 21.2 Å². The zero-order valence-electron chi connectivity index (χ0n) is 10.7. The minimum absolute atomic E-state index is 0.154. The first kappa shape index (κ1) is 15.0. The fraction of sp³-hybridized carbons (Fsp3) is 0.462. The van der Waals surface area contributed by atoms with E-state index >= 15 is 0 Å². The molecule has 0 aromatic heterocycles. The Morgan fingerprint density at radius 3 is 2.89 bits per heavy atom. The summed E-state index contributed by atoms with van der Waals surface area (Å²) in [5.41, 5.74) is 6.78. The maximum Gasteiger partial charge on any atom is 0.253 e. The van der Waals surface area contributed by atoms with Gasteiger partial charge in [-0.2, -0.15) is 0 Å². The molecule has 1 aromatic carbocycles. The lowest BCUT2D eigenvalue weighted by Crippen LogP contribution is -2.26. The van der Waals surface area contributed by atoms with Crippen molar-refractivity contribution in [1.29, 1.82) is 0 Å². The molecule has 4 nitrogen and oxygen atoms in total. The summed E-state index contributed by atoms with van der Waals surface area (Å²) in [5.74, 6) is -0.154. The van der Waals surface area contributed by atoms with Gasteiger partial charge in [-0.05, 0) is 48.3 Å². The van der Waals surface area contributed by atoms with Crippen LogP contribution >= 0.6 is 15.9 Å². The minimum Gasteiger partial charge on any atom is -0.397 e. The number of carbonyl (C=O) groups is 1. The first-order chi connectivity index (χ1) is 8.52. The molecule has 0 bridgehead atoms.